The second-order valence-corrected chi connectivity index (χ2v) is 4.95. The Labute approximate surface area is 125 Å². The van der Waals surface area contributed by atoms with E-state index >= 15 is 0 Å². The van der Waals surface area contributed by atoms with Crippen molar-refractivity contribution in [1.82, 2.24) is 4.98 Å². The number of aromatic carboxylic acids is 1. The lowest BCUT2D eigenvalue weighted by Gasteiger charge is -2.01. The van der Waals surface area contributed by atoms with E-state index in [1.54, 1.807) is 6.21 Å². The normalized spacial score (nSPS) is 11.3. The molecule has 3 rings (SSSR count). The van der Waals surface area contributed by atoms with Crippen LogP contribution in [-0.4, -0.2) is 22.3 Å². The minimum absolute atomic E-state index is 0.121. The van der Waals surface area contributed by atoms with Gasteiger partial charge in [-0.05, 0) is 24.3 Å². The van der Waals surface area contributed by atoms with Crippen molar-refractivity contribution in [2.24, 2.45) is 4.99 Å². The van der Waals surface area contributed by atoms with E-state index < -0.39 is 5.97 Å². The van der Waals surface area contributed by atoms with E-state index in [1.807, 2.05) is 30.5 Å². The molecule has 0 fully saturated rings. The molecule has 0 saturated carbocycles. The molecule has 0 radical (unpaired) electrons. The van der Waals surface area contributed by atoms with Gasteiger partial charge in [0.15, 0.2) is 0 Å². The summed E-state index contributed by atoms with van der Waals surface area (Å²) in [7, 11) is 0. The molecule has 0 unspecified atom stereocenters. The quantitative estimate of drug-likeness (QED) is 0.709. The van der Waals surface area contributed by atoms with Crippen LogP contribution in [0.15, 0.2) is 53.7 Å². The highest BCUT2D eigenvalue weighted by atomic mass is 35.5. The van der Waals surface area contributed by atoms with Crippen molar-refractivity contribution in [2.45, 2.75) is 0 Å². The number of hydrogen-bond donors (Lipinski definition) is 2. The van der Waals surface area contributed by atoms with Crippen molar-refractivity contribution in [1.29, 1.82) is 0 Å². The maximum absolute atomic E-state index is 11.2. The summed E-state index contributed by atoms with van der Waals surface area (Å²) in [6, 6.07) is 12.4. The Balaban J connectivity index is 2.03. The van der Waals surface area contributed by atoms with Gasteiger partial charge in [-0.25, -0.2) is 4.79 Å². The fourth-order valence-electron chi connectivity index (χ4n) is 2.13. The Morgan fingerprint density at radius 1 is 1.24 bits per heavy atom. The van der Waals surface area contributed by atoms with E-state index in [1.165, 1.54) is 18.2 Å². The van der Waals surface area contributed by atoms with Crippen LogP contribution in [0.3, 0.4) is 0 Å². The second kappa shape index (κ2) is 5.42. The summed E-state index contributed by atoms with van der Waals surface area (Å²) in [5.41, 5.74) is 2.35. The number of nitrogens with zero attached hydrogens (tertiary/aromatic N) is 1. The molecule has 3 aromatic rings. The second-order valence-electron chi connectivity index (χ2n) is 4.51. The number of aromatic nitrogens is 1. The Hall–Kier alpha value is -2.59. The zero-order valence-corrected chi connectivity index (χ0v) is 11.6. The molecule has 0 aliphatic rings. The molecule has 1 aromatic heterocycles. The highest BCUT2D eigenvalue weighted by Crippen LogP contribution is 2.24. The summed E-state index contributed by atoms with van der Waals surface area (Å²) >= 11 is 5.90. The molecule has 21 heavy (non-hydrogen) atoms. The molecular formula is C16H11ClN2O2. The molecule has 0 aliphatic carbocycles. The van der Waals surface area contributed by atoms with Gasteiger partial charge >= 0.3 is 5.97 Å². The van der Waals surface area contributed by atoms with Crippen molar-refractivity contribution < 1.29 is 9.90 Å². The lowest BCUT2D eigenvalue weighted by atomic mass is 10.1. The first kappa shape index (κ1) is 13.4. The molecule has 2 aromatic carbocycles. The molecule has 5 heteroatoms. The maximum atomic E-state index is 11.2. The number of hydrogen-bond acceptors (Lipinski definition) is 2. The molecule has 1 heterocycles. The number of carboxylic acids is 1. The topological polar surface area (TPSA) is 65.4 Å². The summed E-state index contributed by atoms with van der Waals surface area (Å²) in [5, 5.41) is 10.6. The number of benzene rings is 2. The highest BCUT2D eigenvalue weighted by molar-refractivity contribution is 6.31. The van der Waals surface area contributed by atoms with Gasteiger partial charge in [0.05, 0.1) is 11.3 Å². The van der Waals surface area contributed by atoms with Crippen LogP contribution in [0.1, 0.15) is 15.9 Å². The maximum Gasteiger partial charge on any atom is 0.337 e. The van der Waals surface area contributed by atoms with Gasteiger partial charge in [-0.15, -0.1) is 0 Å². The number of aromatic amines is 1. The number of fused-ring (bicyclic) bond motifs is 1. The number of rotatable bonds is 3. The summed E-state index contributed by atoms with van der Waals surface area (Å²) < 4.78 is 0. The summed E-state index contributed by atoms with van der Waals surface area (Å²) in [6.45, 7) is 0. The summed E-state index contributed by atoms with van der Waals surface area (Å²) in [5.74, 6) is -1.03. The van der Waals surface area contributed by atoms with Crippen molar-refractivity contribution in [3.05, 3.63) is 64.8 Å². The minimum atomic E-state index is -1.03. The number of nitrogens with one attached hydrogen (secondary N) is 1. The Kier molecular flexibility index (Phi) is 3.46. The number of halogens is 1. The van der Waals surface area contributed by atoms with Gasteiger partial charge in [-0.2, -0.15) is 0 Å². The van der Waals surface area contributed by atoms with E-state index in [0.29, 0.717) is 10.7 Å². The number of para-hydroxylation sites is 1. The molecule has 0 saturated heterocycles. The Morgan fingerprint density at radius 2 is 2.05 bits per heavy atom. The largest absolute Gasteiger partial charge is 0.478 e. The van der Waals surface area contributed by atoms with E-state index in [-0.39, 0.29) is 5.56 Å². The Morgan fingerprint density at radius 3 is 2.86 bits per heavy atom. The van der Waals surface area contributed by atoms with Crippen molar-refractivity contribution in [3.8, 4) is 0 Å². The van der Waals surface area contributed by atoms with Crippen LogP contribution in [-0.2, 0) is 0 Å². The number of aliphatic imine (C=N–C) groups is 1. The van der Waals surface area contributed by atoms with Crippen molar-refractivity contribution in [2.75, 3.05) is 0 Å². The highest BCUT2D eigenvalue weighted by Gasteiger charge is 2.09. The van der Waals surface area contributed by atoms with Gasteiger partial charge in [0, 0.05) is 33.9 Å². The van der Waals surface area contributed by atoms with Gasteiger partial charge in [-0.3, -0.25) is 4.99 Å². The number of H-pyrrole nitrogens is 1. The first-order valence-corrected chi connectivity index (χ1v) is 6.66. The molecule has 2 N–H and O–H groups in total. The van der Waals surface area contributed by atoms with E-state index in [9.17, 15) is 4.79 Å². The predicted molar refractivity (Wildman–Crippen MR) is 84.0 cm³/mol. The molecule has 0 amide bonds. The van der Waals surface area contributed by atoms with Crippen LogP contribution < -0.4 is 0 Å². The molecule has 0 aliphatic heterocycles. The molecule has 0 bridgehead atoms. The average molecular weight is 299 g/mol. The van der Waals surface area contributed by atoms with Gasteiger partial charge in [0.25, 0.3) is 0 Å². The van der Waals surface area contributed by atoms with Gasteiger partial charge in [0.2, 0.25) is 0 Å². The average Bonchev–Trinajstić information content (AvgIpc) is 2.88. The predicted octanol–water partition coefficient (Wildman–Crippen LogP) is 4.27. The van der Waals surface area contributed by atoms with E-state index in [2.05, 4.69) is 9.98 Å². The Bertz CT molecular complexity index is 852. The SMILES string of the molecule is O=C(O)c1ccc(Cl)cc1N=Cc1c[nH]c2ccccc12. The third-order valence-electron chi connectivity index (χ3n) is 3.15. The van der Waals surface area contributed by atoms with Crippen molar-refractivity contribution in [3.63, 3.8) is 0 Å². The van der Waals surface area contributed by atoms with Gasteiger partial charge in [-0.1, -0.05) is 29.8 Å². The third kappa shape index (κ3) is 2.66. The molecule has 104 valence electrons. The molecular weight excluding hydrogens is 288 g/mol. The standard InChI is InChI=1S/C16H11ClN2O2/c17-11-5-6-13(16(20)21)15(7-11)19-9-10-8-18-14-4-2-1-3-12(10)14/h1-9,18H,(H,20,21). The summed E-state index contributed by atoms with van der Waals surface area (Å²) in [6.07, 6.45) is 3.47. The zero-order valence-electron chi connectivity index (χ0n) is 10.9. The van der Waals surface area contributed by atoms with Crippen LogP contribution in [0.25, 0.3) is 10.9 Å². The van der Waals surface area contributed by atoms with Crippen LogP contribution in [0.4, 0.5) is 5.69 Å². The minimum Gasteiger partial charge on any atom is -0.478 e. The van der Waals surface area contributed by atoms with Crippen LogP contribution in [0.2, 0.25) is 5.02 Å². The third-order valence-corrected chi connectivity index (χ3v) is 3.39. The molecule has 0 spiro atoms. The molecule has 4 nitrogen and oxygen atoms in total. The van der Waals surface area contributed by atoms with E-state index in [0.717, 1.165) is 16.5 Å². The van der Waals surface area contributed by atoms with Crippen LogP contribution in [0, 0.1) is 0 Å². The van der Waals surface area contributed by atoms with Crippen LogP contribution >= 0.6 is 11.6 Å². The number of carboxylic acid groups (broad SMARTS) is 1. The molecule has 0 atom stereocenters. The van der Waals surface area contributed by atoms with Crippen molar-refractivity contribution >= 4 is 40.4 Å². The first-order valence-electron chi connectivity index (χ1n) is 6.28. The van der Waals surface area contributed by atoms with Gasteiger partial charge in [0.1, 0.15) is 0 Å². The zero-order chi connectivity index (χ0) is 14.8. The van der Waals surface area contributed by atoms with Crippen LogP contribution in [0.5, 0.6) is 0 Å². The monoisotopic (exact) mass is 298 g/mol. The first-order chi connectivity index (χ1) is 10.1. The smallest absolute Gasteiger partial charge is 0.337 e. The fraction of sp³-hybridized carbons (Fsp3) is 0. The number of carbonyl (C=O) groups is 1. The van der Waals surface area contributed by atoms with Gasteiger partial charge < -0.3 is 10.1 Å². The lowest BCUT2D eigenvalue weighted by molar-refractivity contribution is 0.0698. The summed E-state index contributed by atoms with van der Waals surface area (Å²) in [4.78, 5) is 18.6. The lowest BCUT2D eigenvalue weighted by Crippen LogP contribution is -1.96. The van der Waals surface area contributed by atoms with E-state index in [4.69, 9.17) is 16.7 Å². The fourth-order valence-corrected chi connectivity index (χ4v) is 2.30.